The second-order valence-electron chi connectivity index (χ2n) is 8.81. The van der Waals surface area contributed by atoms with E-state index in [1.807, 2.05) is 48.7 Å². The van der Waals surface area contributed by atoms with Crippen LogP contribution < -0.4 is 10.1 Å². The van der Waals surface area contributed by atoms with Gasteiger partial charge in [-0.15, -0.1) is 0 Å². The van der Waals surface area contributed by atoms with Gasteiger partial charge in [0, 0.05) is 12.1 Å². The van der Waals surface area contributed by atoms with E-state index in [2.05, 4.69) is 16.3 Å². The smallest absolute Gasteiger partial charge is 0.226 e. The third-order valence-electron chi connectivity index (χ3n) is 6.74. The molecule has 5 heteroatoms. The van der Waals surface area contributed by atoms with Crippen LogP contribution in [0.3, 0.4) is 0 Å². The van der Waals surface area contributed by atoms with Crippen molar-refractivity contribution in [3.63, 3.8) is 0 Å². The van der Waals surface area contributed by atoms with Crippen molar-refractivity contribution >= 4 is 5.91 Å². The molecule has 5 nitrogen and oxygen atoms in total. The van der Waals surface area contributed by atoms with Crippen molar-refractivity contribution in [2.24, 2.45) is 11.8 Å². The van der Waals surface area contributed by atoms with Crippen molar-refractivity contribution in [1.29, 1.82) is 0 Å². The summed E-state index contributed by atoms with van der Waals surface area (Å²) in [6, 6.07) is 16.0. The van der Waals surface area contributed by atoms with Crippen LogP contribution in [0.1, 0.15) is 56.7 Å². The number of hydrogen-bond acceptors (Lipinski definition) is 4. The Morgan fingerprint density at radius 1 is 1.00 bits per heavy atom. The Kier molecular flexibility index (Phi) is 7.94. The number of aromatic nitrogens is 1. The lowest BCUT2D eigenvalue weighted by Gasteiger charge is -2.40. The van der Waals surface area contributed by atoms with Crippen LogP contribution in [0, 0.1) is 11.8 Å². The molecule has 0 spiro atoms. The first kappa shape index (κ1) is 21.8. The summed E-state index contributed by atoms with van der Waals surface area (Å²) >= 11 is 0. The first-order valence-corrected chi connectivity index (χ1v) is 11.9. The van der Waals surface area contributed by atoms with Crippen molar-refractivity contribution in [3.05, 3.63) is 60.4 Å². The van der Waals surface area contributed by atoms with Gasteiger partial charge in [-0.05, 0) is 69.0 Å². The topological polar surface area (TPSA) is 54.5 Å². The van der Waals surface area contributed by atoms with E-state index < -0.39 is 0 Å². The second kappa shape index (κ2) is 11.3. The van der Waals surface area contributed by atoms with E-state index in [0.29, 0.717) is 19.1 Å². The number of carbonyl (C=O) groups is 1. The fourth-order valence-corrected chi connectivity index (χ4v) is 5.12. The molecule has 0 unspecified atom stereocenters. The molecular formula is C26H35N3O2. The van der Waals surface area contributed by atoms with E-state index in [0.717, 1.165) is 50.2 Å². The number of rotatable bonds is 8. The summed E-state index contributed by atoms with van der Waals surface area (Å²) in [5.74, 6) is 1.68. The molecule has 31 heavy (non-hydrogen) atoms. The van der Waals surface area contributed by atoms with Gasteiger partial charge in [-0.2, -0.15) is 0 Å². The Labute approximate surface area is 186 Å². The van der Waals surface area contributed by atoms with Crippen LogP contribution in [0.15, 0.2) is 54.7 Å². The van der Waals surface area contributed by atoms with Gasteiger partial charge in [-0.3, -0.25) is 9.78 Å². The number of ether oxygens (including phenoxy) is 1. The molecule has 1 aromatic carbocycles. The van der Waals surface area contributed by atoms with Crippen LogP contribution in [0.2, 0.25) is 0 Å². The van der Waals surface area contributed by atoms with Crippen molar-refractivity contribution in [2.75, 3.05) is 26.2 Å². The number of nitrogens with one attached hydrogen (secondary N) is 1. The van der Waals surface area contributed by atoms with E-state index in [1.54, 1.807) is 0 Å². The van der Waals surface area contributed by atoms with E-state index in [-0.39, 0.29) is 17.9 Å². The Morgan fingerprint density at radius 3 is 2.45 bits per heavy atom. The number of pyridine rings is 1. The van der Waals surface area contributed by atoms with Gasteiger partial charge in [0.05, 0.1) is 18.3 Å². The fraction of sp³-hybridized carbons (Fsp3) is 0.538. The maximum Gasteiger partial charge on any atom is 0.226 e. The van der Waals surface area contributed by atoms with Crippen LogP contribution in [0.4, 0.5) is 0 Å². The number of nitrogens with zero attached hydrogens (tertiary/aromatic N) is 2. The predicted octanol–water partition coefficient (Wildman–Crippen LogP) is 4.61. The van der Waals surface area contributed by atoms with Crippen LogP contribution in [-0.2, 0) is 4.79 Å². The third kappa shape index (κ3) is 5.85. The summed E-state index contributed by atoms with van der Waals surface area (Å²) < 4.78 is 6.02. The highest BCUT2D eigenvalue weighted by atomic mass is 16.5. The monoisotopic (exact) mass is 421 g/mol. The zero-order chi connectivity index (χ0) is 21.3. The minimum absolute atomic E-state index is 0.0308. The molecule has 1 aromatic heterocycles. The fourth-order valence-electron chi connectivity index (χ4n) is 5.12. The highest BCUT2D eigenvalue weighted by Gasteiger charge is 2.36. The SMILES string of the molecule is O=C(C1CCNCC1)N(CCOc1ccccc1)[C@@H](c1ccccn1)C1CCCCC1. The number of carbonyl (C=O) groups excluding carboxylic acids is 1. The quantitative estimate of drug-likeness (QED) is 0.676. The first-order chi connectivity index (χ1) is 15.3. The van der Waals surface area contributed by atoms with Crippen LogP contribution in [0.25, 0.3) is 0 Å². The lowest BCUT2D eigenvalue weighted by Crippen LogP contribution is -2.46. The number of amides is 1. The normalized spacial score (nSPS) is 19.0. The van der Waals surface area contributed by atoms with Gasteiger partial charge in [0.15, 0.2) is 0 Å². The molecule has 2 heterocycles. The highest BCUT2D eigenvalue weighted by molar-refractivity contribution is 5.79. The summed E-state index contributed by atoms with van der Waals surface area (Å²) in [4.78, 5) is 20.7. The first-order valence-electron chi connectivity index (χ1n) is 11.9. The van der Waals surface area contributed by atoms with Gasteiger partial charge < -0.3 is 15.0 Å². The molecule has 2 aliphatic rings. The summed E-state index contributed by atoms with van der Waals surface area (Å²) in [7, 11) is 0. The van der Waals surface area contributed by atoms with Crippen molar-refractivity contribution in [1.82, 2.24) is 15.2 Å². The van der Waals surface area contributed by atoms with Crippen LogP contribution >= 0.6 is 0 Å². The summed E-state index contributed by atoms with van der Waals surface area (Å²) in [6.07, 6.45) is 9.79. The lowest BCUT2D eigenvalue weighted by atomic mass is 9.81. The molecular weight excluding hydrogens is 386 g/mol. The van der Waals surface area contributed by atoms with Gasteiger partial charge >= 0.3 is 0 Å². The van der Waals surface area contributed by atoms with Crippen LogP contribution in [-0.4, -0.2) is 42.0 Å². The molecule has 1 aliphatic heterocycles. The molecule has 1 saturated carbocycles. The molecule has 1 atom stereocenters. The summed E-state index contributed by atoms with van der Waals surface area (Å²) in [5, 5.41) is 3.39. The predicted molar refractivity (Wildman–Crippen MR) is 123 cm³/mol. The van der Waals surface area contributed by atoms with Gasteiger partial charge in [-0.25, -0.2) is 0 Å². The zero-order valence-corrected chi connectivity index (χ0v) is 18.4. The number of benzene rings is 1. The Hall–Kier alpha value is -2.40. The number of para-hydroxylation sites is 1. The van der Waals surface area contributed by atoms with Crippen molar-refractivity contribution in [3.8, 4) is 5.75 Å². The molecule has 1 N–H and O–H groups in total. The molecule has 2 fully saturated rings. The Morgan fingerprint density at radius 2 is 1.74 bits per heavy atom. The Bertz CT molecular complexity index is 787. The van der Waals surface area contributed by atoms with Gasteiger partial charge in [0.1, 0.15) is 12.4 Å². The maximum absolute atomic E-state index is 13.8. The molecule has 0 bridgehead atoms. The van der Waals surface area contributed by atoms with E-state index in [4.69, 9.17) is 9.72 Å². The average Bonchev–Trinajstić information content (AvgIpc) is 2.85. The maximum atomic E-state index is 13.8. The van der Waals surface area contributed by atoms with E-state index >= 15 is 0 Å². The standard InChI is InChI=1S/C26H35N3O2/c30-26(22-14-17-27-18-15-22)29(19-20-31-23-11-5-2-6-12-23)25(21-9-3-1-4-10-21)24-13-7-8-16-28-24/h2,5-8,11-13,16,21-22,25,27H,1,3-4,9-10,14-15,17-20H2/t25-/m1/s1. The third-order valence-corrected chi connectivity index (χ3v) is 6.74. The largest absolute Gasteiger partial charge is 0.492 e. The van der Waals surface area contributed by atoms with Gasteiger partial charge in [0.25, 0.3) is 0 Å². The van der Waals surface area contributed by atoms with E-state index in [1.165, 1.54) is 19.3 Å². The molecule has 1 aliphatic carbocycles. The summed E-state index contributed by atoms with van der Waals surface area (Å²) in [5.41, 5.74) is 1.02. The van der Waals surface area contributed by atoms with E-state index in [9.17, 15) is 4.79 Å². The highest BCUT2D eigenvalue weighted by Crippen LogP contribution is 2.38. The minimum atomic E-state index is 0.0308. The molecule has 0 radical (unpaired) electrons. The van der Waals surface area contributed by atoms with Crippen molar-refractivity contribution in [2.45, 2.75) is 51.0 Å². The number of piperidine rings is 1. The molecule has 166 valence electrons. The van der Waals surface area contributed by atoms with Crippen molar-refractivity contribution < 1.29 is 9.53 Å². The zero-order valence-electron chi connectivity index (χ0n) is 18.4. The Balaban J connectivity index is 1.57. The number of hydrogen-bond donors (Lipinski definition) is 1. The molecule has 2 aromatic rings. The summed E-state index contributed by atoms with van der Waals surface area (Å²) in [6.45, 7) is 2.93. The molecule has 1 saturated heterocycles. The second-order valence-corrected chi connectivity index (χ2v) is 8.81. The van der Waals surface area contributed by atoms with Crippen LogP contribution in [0.5, 0.6) is 5.75 Å². The van der Waals surface area contributed by atoms with Gasteiger partial charge in [-0.1, -0.05) is 43.5 Å². The van der Waals surface area contributed by atoms with Gasteiger partial charge in [0.2, 0.25) is 5.91 Å². The lowest BCUT2D eigenvalue weighted by molar-refractivity contribution is -0.141. The molecule has 1 amide bonds. The molecule has 4 rings (SSSR count). The minimum Gasteiger partial charge on any atom is -0.492 e. The average molecular weight is 422 g/mol.